The van der Waals surface area contributed by atoms with E-state index in [4.69, 9.17) is 9.47 Å². The Labute approximate surface area is 174 Å². The lowest BCUT2D eigenvalue weighted by Gasteiger charge is -2.17. The summed E-state index contributed by atoms with van der Waals surface area (Å²) in [5.41, 5.74) is 0. The Kier molecular flexibility index (Phi) is 3.63. The van der Waals surface area contributed by atoms with E-state index in [0.29, 0.717) is 0 Å². The van der Waals surface area contributed by atoms with Crippen molar-refractivity contribution in [2.75, 3.05) is 14.2 Å². The molecule has 0 aliphatic carbocycles. The van der Waals surface area contributed by atoms with Crippen molar-refractivity contribution in [1.82, 2.24) is 0 Å². The molecule has 0 bridgehead atoms. The summed E-state index contributed by atoms with van der Waals surface area (Å²) in [6.07, 6.45) is 0. The van der Waals surface area contributed by atoms with E-state index in [9.17, 15) is 0 Å². The van der Waals surface area contributed by atoms with Crippen molar-refractivity contribution in [1.29, 1.82) is 0 Å². The van der Waals surface area contributed by atoms with E-state index in [-0.39, 0.29) is 0 Å². The first-order valence-corrected chi connectivity index (χ1v) is 10.1. The lowest BCUT2D eigenvalue weighted by molar-refractivity contribution is 0.415. The van der Waals surface area contributed by atoms with Gasteiger partial charge in [0.1, 0.15) is 11.5 Å². The van der Waals surface area contributed by atoms with Gasteiger partial charge >= 0.3 is 0 Å². The van der Waals surface area contributed by atoms with Gasteiger partial charge in [-0.25, -0.2) is 0 Å². The highest BCUT2D eigenvalue weighted by Crippen LogP contribution is 2.45. The maximum absolute atomic E-state index is 5.60. The molecule has 0 saturated heterocycles. The van der Waals surface area contributed by atoms with Crippen LogP contribution in [-0.4, -0.2) is 14.2 Å². The lowest BCUT2D eigenvalue weighted by atomic mass is 9.87. The predicted molar refractivity (Wildman–Crippen MR) is 127 cm³/mol. The van der Waals surface area contributed by atoms with Crippen LogP contribution in [0.1, 0.15) is 0 Å². The SMILES string of the molecule is COc1ccc2c3ccccc3c3c4cc(OC)ccc4c4ccccc4c3c2c1. The van der Waals surface area contributed by atoms with Gasteiger partial charge in [-0.05, 0) is 78.1 Å². The van der Waals surface area contributed by atoms with Crippen molar-refractivity contribution in [2.45, 2.75) is 0 Å². The Balaban J connectivity index is 2.05. The fourth-order valence-corrected chi connectivity index (χ4v) is 4.88. The average molecular weight is 388 g/mol. The van der Waals surface area contributed by atoms with Crippen molar-refractivity contribution in [2.24, 2.45) is 0 Å². The smallest absolute Gasteiger partial charge is 0.119 e. The van der Waals surface area contributed by atoms with E-state index in [1.165, 1.54) is 53.9 Å². The van der Waals surface area contributed by atoms with Gasteiger partial charge in [-0.15, -0.1) is 0 Å². The molecular weight excluding hydrogens is 368 g/mol. The fraction of sp³-hybridized carbons (Fsp3) is 0.0714. The molecule has 6 aromatic carbocycles. The van der Waals surface area contributed by atoms with E-state index >= 15 is 0 Å². The maximum Gasteiger partial charge on any atom is 0.119 e. The highest BCUT2D eigenvalue weighted by Gasteiger charge is 2.16. The van der Waals surface area contributed by atoms with Crippen molar-refractivity contribution < 1.29 is 9.47 Å². The zero-order chi connectivity index (χ0) is 20.2. The number of ether oxygens (including phenoxy) is 2. The first kappa shape index (κ1) is 17.1. The Hall–Kier alpha value is -3.78. The van der Waals surface area contributed by atoms with Crippen LogP contribution in [0.15, 0.2) is 84.9 Å². The van der Waals surface area contributed by atoms with Gasteiger partial charge < -0.3 is 9.47 Å². The van der Waals surface area contributed by atoms with E-state index in [2.05, 4.69) is 72.8 Å². The monoisotopic (exact) mass is 388 g/mol. The zero-order valence-corrected chi connectivity index (χ0v) is 16.9. The van der Waals surface area contributed by atoms with Gasteiger partial charge in [0, 0.05) is 0 Å². The van der Waals surface area contributed by atoms with Crippen LogP contribution in [0.5, 0.6) is 11.5 Å². The van der Waals surface area contributed by atoms with E-state index < -0.39 is 0 Å². The zero-order valence-electron chi connectivity index (χ0n) is 16.9. The molecule has 144 valence electrons. The van der Waals surface area contributed by atoms with Gasteiger partial charge in [0.15, 0.2) is 0 Å². The molecule has 0 fully saturated rings. The molecule has 2 heteroatoms. The predicted octanol–water partition coefficient (Wildman–Crippen LogP) is 7.47. The number of hydrogen-bond donors (Lipinski definition) is 0. The third-order valence-corrected chi connectivity index (χ3v) is 6.22. The van der Waals surface area contributed by atoms with Gasteiger partial charge in [-0.2, -0.15) is 0 Å². The third kappa shape index (κ3) is 2.25. The molecule has 6 aromatic rings. The molecule has 30 heavy (non-hydrogen) atoms. The summed E-state index contributed by atoms with van der Waals surface area (Å²) in [6, 6.07) is 30.2. The van der Waals surface area contributed by atoms with Crippen LogP contribution in [0.2, 0.25) is 0 Å². The number of fused-ring (bicyclic) bond motifs is 11. The molecule has 0 saturated carbocycles. The lowest BCUT2D eigenvalue weighted by Crippen LogP contribution is -1.90. The number of rotatable bonds is 2. The Morgan fingerprint density at radius 2 is 0.767 bits per heavy atom. The molecule has 0 aliphatic rings. The van der Waals surface area contributed by atoms with Gasteiger partial charge in [0.05, 0.1) is 14.2 Å². The largest absolute Gasteiger partial charge is 0.497 e. The molecule has 0 heterocycles. The van der Waals surface area contributed by atoms with Crippen LogP contribution in [-0.2, 0) is 0 Å². The molecule has 0 unspecified atom stereocenters. The van der Waals surface area contributed by atoms with E-state index in [1.54, 1.807) is 14.2 Å². The van der Waals surface area contributed by atoms with Crippen molar-refractivity contribution in [3.63, 3.8) is 0 Å². The van der Waals surface area contributed by atoms with Gasteiger partial charge in [-0.1, -0.05) is 60.7 Å². The first-order chi connectivity index (χ1) is 14.8. The van der Waals surface area contributed by atoms with Crippen LogP contribution < -0.4 is 9.47 Å². The van der Waals surface area contributed by atoms with Crippen LogP contribution >= 0.6 is 0 Å². The highest BCUT2D eigenvalue weighted by molar-refractivity contribution is 6.39. The minimum absolute atomic E-state index is 0.869. The average Bonchev–Trinajstić information content (AvgIpc) is 2.82. The molecule has 0 aromatic heterocycles. The van der Waals surface area contributed by atoms with Crippen LogP contribution in [0, 0.1) is 0 Å². The van der Waals surface area contributed by atoms with Crippen LogP contribution in [0.3, 0.4) is 0 Å². The summed E-state index contributed by atoms with van der Waals surface area (Å²) in [5, 5.41) is 12.5. The fourth-order valence-electron chi connectivity index (χ4n) is 4.88. The number of benzene rings is 6. The van der Waals surface area contributed by atoms with Crippen LogP contribution in [0.4, 0.5) is 0 Å². The highest BCUT2D eigenvalue weighted by atomic mass is 16.5. The Morgan fingerprint density at radius 3 is 1.17 bits per heavy atom. The van der Waals surface area contributed by atoms with Crippen molar-refractivity contribution >= 4 is 53.9 Å². The molecule has 0 amide bonds. The summed E-state index contributed by atoms with van der Waals surface area (Å²) >= 11 is 0. The standard InChI is InChI=1S/C28H20O2/c1-29-17-11-13-21-19-7-3-6-10-24(19)28-26-16-18(30-2)12-14-22(26)20-8-4-5-9-23(20)27(28)25(21)15-17/h3-16H,1-2H3. The third-order valence-electron chi connectivity index (χ3n) is 6.22. The summed E-state index contributed by atoms with van der Waals surface area (Å²) < 4.78 is 11.2. The van der Waals surface area contributed by atoms with Crippen molar-refractivity contribution in [3.8, 4) is 11.5 Å². The minimum Gasteiger partial charge on any atom is -0.497 e. The molecule has 0 radical (unpaired) electrons. The normalized spacial score (nSPS) is 11.7. The summed E-state index contributed by atoms with van der Waals surface area (Å²) in [4.78, 5) is 0. The van der Waals surface area contributed by atoms with Gasteiger partial charge in [0.25, 0.3) is 0 Å². The second-order valence-electron chi connectivity index (χ2n) is 7.66. The molecule has 0 atom stereocenters. The summed E-state index contributed by atoms with van der Waals surface area (Å²) in [6.45, 7) is 0. The van der Waals surface area contributed by atoms with Crippen molar-refractivity contribution in [3.05, 3.63) is 84.9 Å². The van der Waals surface area contributed by atoms with Gasteiger partial charge in [-0.3, -0.25) is 0 Å². The summed E-state index contributed by atoms with van der Waals surface area (Å²) in [5.74, 6) is 1.74. The summed E-state index contributed by atoms with van der Waals surface area (Å²) in [7, 11) is 3.45. The second-order valence-corrected chi connectivity index (χ2v) is 7.66. The first-order valence-electron chi connectivity index (χ1n) is 10.1. The quantitative estimate of drug-likeness (QED) is 0.286. The molecule has 0 spiro atoms. The molecule has 0 aliphatic heterocycles. The molecular formula is C28H20O2. The number of methoxy groups -OCH3 is 2. The molecule has 0 N–H and O–H groups in total. The number of hydrogen-bond acceptors (Lipinski definition) is 2. The van der Waals surface area contributed by atoms with E-state index in [1.807, 2.05) is 12.1 Å². The van der Waals surface area contributed by atoms with Crippen LogP contribution in [0.25, 0.3) is 53.9 Å². The topological polar surface area (TPSA) is 18.5 Å². The molecule has 2 nitrogen and oxygen atoms in total. The Bertz CT molecular complexity index is 1490. The second kappa shape index (κ2) is 6.36. The maximum atomic E-state index is 5.60. The Morgan fingerprint density at radius 1 is 0.400 bits per heavy atom. The molecule has 6 rings (SSSR count). The van der Waals surface area contributed by atoms with E-state index in [0.717, 1.165) is 11.5 Å². The minimum atomic E-state index is 0.869. The van der Waals surface area contributed by atoms with Gasteiger partial charge in [0.2, 0.25) is 0 Å².